The Hall–Kier alpha value is -2.34. The standard InChI is InChI=1S/C28H33Cl2NO4/c1-4-8-21-16-25(20-9-7-10-23(30)15-20)27(19-11-13-22(29)14-12-19)31(28(21)33)24(5-2)17-34-18-26(32)35-6-3/h4,7,9-15,21,24-25,27H,1,5-6,8,16-18H2,2-3H3. The summed E-state index contributed by atoms with van der Waals surface area (Å²) in [6.45, 7) is 8.04. The van der Waals surface area contributed by atoms with Gasteiger partial charge in [0, 0.05) is 21.9 Å². The Balaban J connectivity index is 2.03. The van der Waals surface area contributed by atoms with Crippen LogP contribution in [0.5, 0.6) is 0 Å². The van der Waals surface area contributed by atoms with E-state index in [0.29, 0.717) is 35.9 Å². The number of nitrogens with zero attached hydrogens (tertiary/aromatic N) is 1. The van der Waals surface area contributed by atoms with Crippen molar-refractivity contribution in [2.75, 3.05) is 19.8 Å². The van der Waals surface area contributed by atoms with Crippen LogP contribution in [0.1, 0.15) is 56.2 Å². The molecule has 1 aliphatic heterocycles. The minimum absolute atomic E-state index is 0.0108. The fraction of sp³-hybridized carbons (Fsp3) is 0.429. The number of carbonyl (C=O) groups is 2. The normalized spacial score (nSPS) is 21.0. The van der Waals surface area contributed by atoms with E-state index < -0.39 is 5.97 Å². The summed E-state index contributed by atoms with van der Waals surface area (Å²) in [6, 6.07) is 15.0. The molecule has 4 unspecified atom stereocenters. The van der Waals surface area contributed by atoms with Crippen LogP contribution in [0, 0.1) is 5.92 Å². The molecule has 0 aromatic heterocycles. The molecule has 0 spiro atoms. The predicted octanol–water partition coefficient (Wildman–Crippen LogP) is 6.60. The van der Waals surface area contributed by atoms with Crippen molar-refractivity contribution in [3.8, 4) is 0 Å². The van der Waals surface area contributed by atoms with Crippen molar-refractivity contribution in [2.45, 2.75) is 51.1 Å². The van der Waals surface area contributed by atoms with Crippen molar-refractivity contribution in [1.82, 2.24) is 4.90 Å². The maximum absolute atomic E-state index is 13.9. The molecular weight excluding hydrogens is 485 g/mol. The third kappa shape index (κ3) is 6.87. The predicted molar refractivity (Wildman–Crippen MR) is 140 cm³/mol. The van der Waals surface area contributed by atoms with Crippen molar-refractivity contribution in [2.24, 2.45) is 5.92 Å². The van der Waals surface area contributed by atoms with Crippen LogP contribution in [0.25, 0.3) is 0 Å². The first-order valence-corrected chi connectivity index (χ1v) is 12.8. The highest BCUT2D eigenvalue weighted by atomic mass is 35.5. The molecule has 1 amide bonds. The van der Waals surface area contributed by atoms with Crippen molar-refractivity contribution >= 4 is 35.1 Å². The van der Waals surface area contributed by atoms with Gasteiger partial charge in [-0.15, -0.1) is 6.58 Å². The highest BCUT2D eigenvalue weighted by Gasteiger charge is 2.45. The quantitative estimate of drug-likeness (QED) is 0.248. The monoisotopic (exact) mass is 517 g/mol. The second kappa shape index (κ2) is 13.1. The third-order valence-electron chi connectivity index (χ3n) is 6.46. The van der Waals surface area contributed by atoms with E-state index in [4.69, 9.17) is 32.7 Å². The van der Waals surface area contributed by atoms with E-state index in [1.807, 2.05) is 54.3 Å². The Bertz CT molecular complexity index is 1010. The fourth-order valence-corrected chi connectivity index (χ4v) is 5.19. The van der Waals surface area contributed by atoms with E-state index in [0.717, 1.165) is 11.1 Å². The first-order chi connectivity index (χ1) is 16.9. The Morgan fingerprint density at radius 2 is 1.89 bits per heavy atom. The first kappa shape index (κ1) is 27.3. The zero-order valence-electron chi connectivity index (χ0n) is 20.3. The lowest BCUT2D eigenvalue weighted by Gasteiger charge is -2.48. The lowest BCUT2D eigenvalue weighted by atomic mass is 9.74. The molecule has 4 atom stereocenters. The summed E-state index contributed by atoms with van der Waals surface area (Å²) in [5, 5.41) is 1.29. The van der Waals surface area contributed by atoms with Gasteiger partial charge in [0.25, 0.3) is 0 Å². The summed E-state index contributed by atoms with van der Waals surface area (Å²) < 4.78 is 10.7. The first-order valence-electron chi connectivity index (χ1n) is 12.1. The van der Waals surface area contributed by atoms with Gasteiger partial charge in [-0.25, -0.2) is 4.79 Å². The number of amides is 1. The SMILES string of the molecule is C=CCC1CC(c2cccc(Cl)c2)C(c2ccc(Cl)cc2)N(C(CC)COCC(=O)OCC)C1=O. The molecule has 0 aliphatic carbocycles. The van der Waals surface area contributed by atoms with Crippen LogP contribution < -0.4 is 0 Å². The van der Waals surface area contributed by atoms with Gasteiger partial charge < -0.3 is 14.4 Å². The smallest absolute Gasteiger partial charge is 0.332 e. The van der Waals surface area contributed by atoms with Gasteiger partial charge in [0.2, 0.25) is 5.91 Å². The number of hydrogen-bond acceptors (Lipinski definition) is 4. The molecule has 0 radical (unpaired) electrons. The molecule has 1 heterocycles. The number of likely N-dealkylation sites (tertiary alicyclic amines) is 1. The molecular formula is C28H33Cl2NO4. The Morgan fingerprint density at radius 3 is 2.51 bits per heavy atom. The number of hydrogen-bond donors (Lipinski definition) is 0. The van der Waals surface area contributed by atoms with Crippen LogP contribution in [0.4, 0.5) is 0 Å². The van der Waals surface area contributed by atoms with E-state index in [1.165, 1.54) is 0 Å². The summed E-state index contributed by atoms with van der Waals surface area (Å²) >= 11 is 12.6. The van der Waals surface area contributed by atoms with Crippen molar-refractivity contribution in [1.29, 1.82) is 0 Å². The zero-order valence-corrected chi connectivity index (χ0v) is 21.8. The average Bonchev–Trinajstić information content (AvgIpc) is 2.84. The van der Waals surface area contributed by atoms with Gasteiger partial charge in [-0.05, 0) is 61.6 Å². The minimum Gasteiger partial charge on any atom is -0.464 e. The highest BCUT2D eigenvalue weighted by molar-refractivity contribution is 6.30. The van der Waals surface area contributed by atoms with Crippen molar-refractivity contribution in [3.63, 3.8) is 0 Å². The molecule has 1 aliphatic rings. The third-order valence-corrected chi connectivity index (χ3v) is 6.95. The number of esters is 1. The van der Waals surface area contributed by atoms with Gasteiger partial charge in [-0.2, -0.15) is 0 Å². The molecule has 7 heteroatoms. The van der Waals surface area contributed by atoms with Crippen LogP contribution in [-0.2, 0) is 19.1 Å². The second-order valence-corrected chi connectivity index (χ2v) is 9.62. The number of halogens is 2. The van der Waals surface area contributed by atoms with Gasteiger partial charge in [0.05, 0.1) is 25.3 Å². The summed E-state index contributed by atoms with van der Waals surface area (Å²) in [6.07, 6.45) is 3.73. The molecule has 0 N–H and O–H groups in total. The molecule has 188 valence electrons. The number of ether oxygens (including phenoxy) is 2. The van der Waals surface area contributed by atoms with Crippen molar-refractivity contribution in [3.05, 3.63) is 82.4 Å². The van der Waals surface area contributed by atoms with E-state index >= 15 is 0 Å². The topological polar surface area (TPSA) is 55.8 Å². The number of allylic oxidation sites excluding steroid dienone is 1. The number of piperidine rings is 1. The van der Waals surface area contributed by atoms with E-state index in [-0.39, 0.29) is 43.0 Å². The van der Waals surface area contributed by atoms with E-state index in [2.05, 4.69) is 12.6 Å². The van der Waals surface area contributed by atoms with Gasteiger partial charge >= 0.3 is 5.97 Å². The van der Waals surface area contributed by atoms with Crippen LogP contribution in [-0.4, -0.2) is 42.6 Å². The molecule has 35 heavy (non-hydrogen) atoms. The van der Waals surface area contributed by atoms with Crippen molar-refractivity contribution < 1.29 is 19.1 Å². The zero-order chi connectivity index (χ0) is 25.4. The van der Waals surface area contributed by atoms with Crippen LogP contribution in [0.3, 0.4) is 0 Å². The highest BCUT2D eigenvalue weighted by Crippen LogP contribution is 2.47. The number of carbonyl (C=O) groups excluding carboxylic acids is 2. The molecule has 3 rings (SSSR count). The number of rotatable bonds is 11. The maximum atomic E-state index is 13.9. The van der Waals surface area contributed by atoms with Gasteiger partial charge in [-0.3, -0.25) is 4.79 Å². The molecule has 2 aromatic carbocycles. The Kier molecular flexibility index (Phi) is 10.2. The average molecular weight is 518 g/mol. The van der Waals surface area contributed by atoms with E-state index in [1.54, 1.807) is 13.0 Å². The summed E-state index contributed by atoms with van der Waals surface area (Å²) in [7, 11) is 0. The molecule has 2 aromatic rings. The van der Waals surface area contributed by atoms with Gasteiger partial charge in [-0.1, -0.05) is 60.5 Å². The number of benzene rings is 2. The molecule has 0 bridgehead atoms. The van der Waals surface area contributed by atoms with Crippen LogP contribution >= 0.6 is 23.2 Å². The lowest BCUT2D eigenvalue weighted by Crippen LogP contribution is -2.53. The largest absolute Gasteiger partial charge is 0.464 e. The molecule has 5 nitrogen and oxygen atoms in total. The van der Waals surface area contributed by atoms with Crippen LogP contribution in [0.15, 0.2) is 61.2 Å². The van der Waals surface area contributed by atoms with Gasteiger partial charge in [0.15, 0.2) is 0 Å². The van der Waals surface area contributed by atoms with Crippen LogP contribution in [0.2, 0.25) is 10.0 Å². The second-order valence-electron chi connectivity index (χ2n) is 8.74. The Morgan fingerprint density at radius 1 is 1.14 bits per heavy atom. The summed E-state index contributed by atoms with van der Waals surface area (Å²) in [4.78, 5) is 27.7. The Labute approximate surface area is 218 Å². The van der Waals surface area contributed by atoms with E-state index in [9.17, 15) is 9.59 Å². The summed E-state index contributed by atoms with van der Waals surface area (Å²) in [5.74, 6) is -0.548. The fourth-order valence-electron chi connectivity index (χ4n) is 4.87. The molecule has 1 saturated heterocycles. The maximum Gasteiger partial charge on any atom is 0.332 e. The minimum atomic E-state index is -0.414. The molecule has 0 saturated carbocycles. The molecule has 1 fully saturated rings. The summed E-state index contributed by atoms with van der Waals surface area (Å²) in [5.41, 5.74) is 2.07. The van der Waals surface area contributed by atoms with Gasteiger partial charge in [0.1, 0.15) is 6.61 Å². The lowest BCUT2D eigenvalue weighted by molar-refractivity contribution is -0.152.